The molecular formula is C17H26N4O2S2. The lowest BCUT2D eigenvalue weighted by Gasteiger charge is -2.36. The third kappa shape index (κ3) is 6.33. The van der Waals surface area contributed by atoms with Crippen LogP contribution in [0.15, 0.2) is 11.4 Å². The molecule has 138 valence electrons. The maximum Gasteiger partial charge on any atom is 0.235 e. The molecule has 1 fully saturated rings. The Morgan fingerprint density at radius 3 is 2.48 bits per heavy atom. The zero-order chi connectivity index (χ0) is 18.8. The summed E-state index contributed by atoms with van der Waals surface area (Å²) >= 11 is 1.76. The van der Waals surface area contributed by atoms with E-state index in [0.29, 0.717) is 13.1 Å². The van der Waals surface area contributed by atoms with Crippen LogP contribution in [0.5, 0.6) is 0 Å². The molecule has 6 nitrogen and oxygen atoms in total. The molecule has 0 radical (unpaired) electrons. The number of amides is 1. The second-order valence-electron chi connectivity index (χ2n) is 5.56. The Hall–Kier alpha value is -1.59. The molecule has 0 N–H and O–H groups in total. The number of piperazine rings is 1. The number of hydrogen-bond donors (Lipinski definition) is 0. The standard InChI is InChI=1S/C15H24N4O2S2.C2H2/c1-4-9-22-15-12(2)14(16-11-17-15)19-7-5-18(6-8-19)13(20)10-23(3)21;1-2/h11H,4-10H2,1-3H3;1-2H. The van der Waals surface area contributed by atoms with E-state index in [-0.39, 0.29) is 11.7 Å². The average molecular weight is 383 g/mol. The van der Waals surface area contributed by atoms with E-state index in [1.807, 2.05) is 0 Å². The van der Waals surface area contributed by atoms with Crippen LogP contribution in [0, 0.1) is 19.8 Å². The van der Waals surface area contributed by atoms with Crippen molar-refractivity contribution in [3.8, 4) is 12.8 Å². The molecule has 2 heterocycles. The fourth-order valence-corrected chi connectivity index (χ4v) is 3.88. The van der Waals surface area contributed by atoms with Crippen LogP contribution in [0.3, 0.4) is 0 Å². The van der Waals surface area contributed by atoms with Crippen molar-refractivity contribution >= 4 is 34.3 Å². The van der Waals surface area contributed by atoms with Gasteiger partial charge in [0.25, 0.3) is 0 Å². The van der Waals surface area contributed by atoms with Gasteiger partial charge >= 0.3 is 0 Å². The summed E-state index contributed by atoms with van der Waals surface area (Å²) in [6.45, 7) is 7.01. The highest BCUT2D eigenvalue weighted by atomic mass is 32.2. The van der Waals surface area contributed by atoms with Gasteiger partial charge in [0.05, 0.1) is 0 Å². The van der Waals surface area contributed by atoms with E-state index >= 15 is 0 Å². The number of rotatable bonds is 6. The van der Waals surface area contributed by atoms with Crippen molar-refractivity contribution in [3.63, 3.8) is 0 Å². The van der Waals surface area contributed by atoms with Crippen LogP contribution in [-0.2, 0) is 15.6 Å². The minimum atomic E-state index is -1.08. The lowest BCUT2D eigenvalue weighted by molar-refractivity contribution is -0.128. The van der Waals surface area contributed by atoms with Crippen molar-refractivity contribution in [1.82, 2.24) is 14.9 Å². The topological polar surface area (TPSA) is 66.4 Å². The summed E-state index contributed by atoms with van der Waals surface area (Å²) in [5.41, 5.74) is 1.11. The minimum absolute atomic E-state index is 0.0240. The molecule has 0 bridgehead atoms. The lowest BCUT2D eigenvalue weighted by Crippen LogP contribution is -2.50. The Balaban J connectivity index is 0.00000151. The smallest absolute Gasteiger partial charge is 0.235 e. The van der Waals surface area contributed by atoms with Gasteiger partial charge in [-0.3, -0.25) is 9.00 Å². The zero-order valence-electron chi connectivity index (χ0n) is 15.1. The van der Waals surface area contributed by atoms with Crippen molar-refractivity contribution < 1.29 is 9.00 Å². The Bertz CT molecular complexity index is 614. The Morgan fingerprint density at radius 1 is 1.28 bits per heavy atom. The van der Waals surface area contributed by atoms with Gasteiger partial charge in [-0.2, -0.15) is 0 Å². The van der Waals surface area contributed by atoms with Crippen LogP contribution < -0.4 is 4.90 Å². The first kappa shape index (κ1) is 21.5. The summed E-state index contributed by atoms with van der Waals surface area (Å²) in [5.74, 6) is 2.10. The maximum atomic E-state index is 12.0. The van der Waals surface area contributed by atoms with Gasteiger partial charge in [-0.15, -0.1) is 24.6 Å². The number of anilines is 1. The first-order valence-corrected chi connectivity index (χ1v) is 10.8. The largest absolute Gasteiger partial charge is 0.353 e. The summed E-state index contributed by atoms with van der Waals surface area (Å²) in [7, 11) is -1.08. The van der Waals surface area contributed by atoms with E-state index in [9.17, 15) is 9.00 Å². The number of nitrogens with zero attached hydrogens (tertiary/aromatic N) is 4. The van der Waals surface area contributed by atoms with Crippen LogP contribution in [0.25, 0.3) is 0 Å². The van der Waals surface area contributed by atoms with Crippen LogP contribution in [0.1, 0.15) is 18.9 Å². The molecule has 1 atom stereocenters. The number of hydrogen-bond acceptors (Lipinski definition) is 6. The molecule has 0 spiro atoms. The third-order valence-electron chi connectivity index (χ3n) is 3.71. The Kier molecular flexibility index (Phi) is 9.53. The van der Waals surface area contributed by atoms with Crippen molar-refractivity contribution in [1.29, 1.82) is 0 Å². The molecule has 1 aromatic heterocycles. The number of thioether (sulfide) groups is 1. The van der Waals surface area contributed by atoms with Gasteiger partial charge in [-0.1, -0.05) is 6.92 Å². The molecule has 0 aliphatic carbocycles. The number of carbonyl (C=O) groups is 1. The maximum absolute atomic E-state index is 12.0. The lowest BCUT2D eigenvalue weighted by atomic mass is 10.2. The van der Waals surface area contributed by atoms with Gasteiger partial charge in [-0.05, 0) is 19.1 Å². The molecule has 25 heavy (non-hydrogen) atoms. The highest BCUT2D eigenvalue weighted by Gasteiger charge is 2.24. The number of carbonyl (C=O) groups excluding carboxylic acids is 1. The highest BCUT2D eigenvalue weighted by Crippen LogP contribution is 2.27. The first-order valence-electron chi connectivity index (χ1n) is 8.13. The van der Waals surface area contributed by atoms with Crippen molar-refractivity contribution in [2.45, 2.75) is 25.3 Å². The van der Waals surface area contributed by atoms with Gasteiger partial charge in [0, 0.05) is 48.8 Å². The Labute approximate surface area is 157 Å². The SMILES string of the molecule is C#C.CCCSc1ncnc(N2CCN(C(=O)CS(C)=O)CC2)c1C. The van der Waals surface area contributed by atoms with Crippen LogP contribution in [0.4, 0.5) is 5.82 Å². The van der Waals surface area contributed by atoms with Crippen LogP contribution in [0.2, 0.25) is 0 Å². The molecule has 1 aliphatic heterocycles. The van der Waals surface area contributed by atoms with E-state index in [2.05, 4.69) is 41.6 Å². The van der Waals surface area contributed by atoms with E-state index in [4.69, 9.17) is 0 Å². The molecule has 1 saturated heterocycles. The summed E-state index contributed by atoms with van der Waals surface area (Å²) in [5, 5.41) is 1.04. The normalized spacial score (nSPS) is 15.2. The van der Waals surface area contributed by atoms with Crippen molar-refractivity contribution in [3.05, 3.63) is 11.9 Å². The highest BCUT2D eigenvalue weighted by molar-refractivity contribution is 7.99. The number of aromatic nitrogens is 2. The predicted octanol–water partition coefficient (Wildman–Crippen LogP) is 1.56. The van der Waals surface area contributed by atoms with Gasteiger partial charge in [0.1, 0.15) is 22.9 Å². The molecular weight excluding hydrogens is 356 g/mol. The molecule has 2 rings (SSSR count). The molecule has 1 amide bonds. The summed E-state index contributed by atoms with van der Waals surface area (Å²) in [6, 6.07) is 0. The Morgan fingerprint density at radius 2 is 1.92 bits per heavy atom. The van der Waals surface area contributed by atoms with Gasteiger partial charge in [-0.25, -0.2) is 9.97 Å². The number of terminal acetylenes is 1. The minimum Gasteiger partial charge on any atom is -0.353 e. The predicted molar refractivity (Wildman–Crippen MR) is 105 cm³/mol. The van der Waals surface area contributed by atoms with Crippen molar-refractivity contribution in [2.75, 3.05) is 48.8 Å². The van der Waals surface area contributed by atoms with E-state index in [0.717, 1.165) is 41.7 Å². The van der Waals surface area contributed by atoms with Crippen LogP contribution >= 0.6 is 11.8 Å². The van der Waals surface area contributed by atoms with Gasteiger partial charge < -0.3 is 9.80 Å². The second-order valence-corrected chi connectivity index (χ2v) is 8.08. The second kappa shape index (κ2) is 11.1. The summed E-state index contributed by atoms with van der Waals surface area (Å²) in [6.07, 6.45) is 12.3. The van der Waals surface area contributed by atoms with E-state index in [1.165, 1.54) is 0 Å². The fraction of sp³-hybridized carbons (Fsp3) is 0.588. The average Bonchev–Trinajstić information content (AvgIpc) is 2.62. The molecule has 1 unspecified atom stereocenters. The van der Waals surface area contributed by atoms with E-state index in [1.54, 1.807) is 29.2 Å². The third-order valence-corrected chi connectivity index (χ3v) is 5.66. The van der Waals surface area contributed by atoms with Gasteiger partial charge in [0.15, 0.2) is 0 Å². The quantitative estimate of drug-likeness (QED) is 0.423. The summed E-state index contributed by atoms with van der Waals surface area (Å²) in [4.78, 5) is 24.8. The molecule has 0 aromatic carbocycles. The van der Waals surface area contributed by atoms with E-state index < -0.39 is 10.8 Å². The summed E-state index contributed by atoms with van der Waals surface area (Å²) < 4.78 is 11.2. The monoisotopic (exact) mass is 382 g/mol. The van der Waals surface area contributed by atoms with Crippen molar-refractivity contribution in [2.24, 2.45) is 0 Å². The fourth-order valence-electron chi connectivity index (χ4n) is 2.52. The van der Waals surface area contributed by atoms with Crippen LogP contribution in [-0.4, -0.2) is 68.9 Å². The molecule has 0 saturated carbocycles. The molecule has 1 aromatic rings. The zero-order valence-corrected chi connectivity index (χ0v) is 16.7. The van der Waals surface area contributed by atoms with Gasteiger partial charge in [0.2, 0.25) is 5.91 Å². The molecule has 8 heteroatoms. The molecule has 1 aliphatic rings. The first-order chi connectivity index (χ1) is 12.0.